The van der Waals surface area contributed by atoms with Gasteiger partial charge in [0.1, 0.15) is 0 Å². The standard InChI is InChI=1S/C17H36O4S/c1-3-4-5-6-7-8-9-10-11-12-13-14-17(21-2)15-16-22(18,19)20/h17H,3-16H2,1-2H3,(H,18,19,20). The van der Waals surface area contributed by atoms with Crippen molar-refractivity contribution in [3.05, 3.63) is 0 Å². The minimum atomic E-state index is -3.86. The first-order chi connectivity index (χ1) is 10.5. The van der Waals surface area contributed by atoms with E-state index in [4.69, 9.17) is 9.29 Å². The number of ether oxygens (including phenoxy) is 1. The van der Waals surface area contributed by atoms with Crippen LogP contribution in [0.5, 0.6) is 0 Å². The molecule has 0 heterocycles. The average molecular weight is 337 g/mol. The molecule has 5 heteroatoms. The quantitative estimate of drug-likeness (QED) is 0.319. The van der Waals surface area contributed by atoms with Crippen LogP contribution in [0.4, 0.5) is 0 Å². The summed E-state index contributed by atoms with van der Waals surface area (Å²) in [5.41, 5.74) is 0. The van der Waals surface area contributed by atoms with Crippen molar-refractivity contribution in [2.75, 3.05) is 12.9 Å². The molecule has 0 aliphatic rings. The maximum atomic E-state index is 10.7. The molecule has 1 atom stereocenters. The highest BCUT2D eigenvalue weighted by Crippen LogP contribution is 2.14. The van der Waals surface area contributed by atoms with E-state index in [2.05, 4.69) is 6.92 Å². The van der Waals surface area contributed by atoms with Crippen molar-refractivity contribution in [1.82, 2.24) is 0 Å². The van der Waals surface area contributed by atoms with Crippen LogP contribution in [0.25, 0.3) is 0 Å². The van der Waals surface area contributed by atoms with Crippen molar-refractivity contribution in [2.24, 2.45) is 0 Å². The highest BCUT2D eigenvalue weighted by Gasteiger charge is 2.12. The third-order valence-electron chi connectivity index (χ3n) is 4.16. The predicted octanol–water partition coefficient (Wildman–Crippen LogP) is 4.98. The highest BCUT2D eigenvalue weighted by molar-refractivity contribution is 7.85. The molecule has 0 aromatic heterocycles. The molecule has 0 aliphatic heterocycles. The SMILES string of the molecule is CCCCCCCCCCCCCC(CCS(=O)(=O)O)OC. The second kappa shape index (κ2) is 14.5. The zero-order valence-electron chi connectivity index (χ0n) is 14.6. The van der Waals surface area contributed by atoms with Crippen molar-refractivity contribution in [2.45, 2.75) is 96.5 Å². The normalized spacial score (nSPS) is 13.4. The van der Waals surface area contributed by atoms with Gasteiger partial charge in [-0.25, -0.2) is 0 Å². The Morgan fingerprint density at radius 2 is 1.27 bits per heavy atom. The number of rotatable bonds is 16. The molecule has 1 unspecified atom stereocenters. The van der Waals surface area contributed by atoms with Crippen LogP contribution in [-0.4, -0.2) is 31.9 Å². The molecule has 1 N–H and O–H groups in total. The van der Waals surface area contributed by atoms with E-state index in [1.807, 2.05) is 0 Å². The summed E-state index contributed by atoms with van der Waals surface area (Å²) in [6.07, 6.45) is 15.5. The monoisotopic (exact) mass is 336 g/mol. The molecule has 0 radical (unpaired) electrons. The first-order valence-corrected chi connectivity index (χ1v) is 10.6. The molecule has 0 amide bonds. The molecule has 0 saturated carbocycles. The predicted molar refractivity (Wildman–Crippen MR) is 92.9 cm³/mol. The topological polar surface area (TPSA) is 63.6 Å². The molecular formula is C17H36O4S. The number of hydrogen-bond donors (Lipinski definition) is 1. The first-order valence-electron chi connectivity index (χ1n) is 8.97. The van der Waals surface area contributed by atoms with E-state index < -0.39 is 10.1 Å². The van der Waals surface area contributed by atoms with Gasteiger partial charge in [0.05, 0.1) is 11.9 Å². The Labute approximate surface area is 137 Å². The second-order valence-electron chi connectivity index (χ2n) is 6.26. The van der Waals surface area contributed by atoms with Crippen LogP contribution in [0, 0.1) is 0 Å². The molecule has 0 aromatic rings. The van der Waals surface area contributed by atoms with Gasteiger partial charge in [-0.05, 0) is 12.8 Å². The minimum absolute atomic E-state index is 0.0551. The fraction of sp³-hybridized carbons (Fsp3) is 1.00. The summed E-state index contributed by atoms with van der Waals surface area (Å²) in [6, 6.07) is 0. The van der Waals surface area contributed by atoms with Crippen molar-refractivity contribution in [1.29, 1.82) is 0 Å². The van der Waals surface area contributed by atoms with E-state index in [0.717, 1.165) is 12.8 Å². The van der Waals surface area contributed by atoms with Crippen LogP contribution in [-0.2, 0) is 14.9 Å². The van der Waals surface area contributed by atoms with Gasteiger partial charge in [-0.2, -0.15) is 8.42 Å². The first kappa shape index (κ1) is 21.9. The summed E-state index contributed by atoms with van der Waals surface area (Å²) in [5, 5.41) is 0. The molecule has 0 bridgehead atoms. The van der Waals surface area contributed by atoms with Gasteiger partial charge >= 0.3 is 0 Å². The molecule has 0 spiro atoms. The Hall–Kier alpha value is -0.130. The Morgan fingerprint density at radius 1 is 0.818 bits per heavy atom. The summed E-state index contributed by atoms with van der Waals surface area (Å²) >= 11 is 0. The highest BCUT2D eigenvalue weighted by atomic mass is 32.2. The number of hydrogen-bond acceptors (Lipinski definition) is 3. The van der Waals surface area contributed by atoms with Gasteiger partial charge < -0.3 is 4.74 Å². The fourth-order valence-electron chi connectivity index (χ4n) is 2.70. The third-order valence-corrected chi connectivity index (χ3v) is 4.91. The van der Waals surface area contributed by atoms with Gasteiger partial charge in [0.25, 0.3) is 10.1 Å². The molecule has 0 aromatic carbocycles. The molecule has 0 saturated heterocycles. The van der Waals surface area contributed by atoms with Crippen molar-refractivity contribution >= 4 is 10.1 Å². The summed E-state index contributed by atoms with van der Waals surface area (Å²) < 4.78 is 35.4. The van der Waals surface area contributed by atoms with E-state index in [-0.39, 0.29) is 11.9 Å². The summed E-state index contributed by atoms with van der Waals surface area (Å²) in [5.74, 6) is -0.205. The van der Waals surface area contributed by atoms with E-state index in [1.54, 1.807) is 7.11 Å². The third kappa shape index (κ3) is 16.2. The molecule has 22 heavy (non-hydrogen) atoms. The van der Waals surface area contributed by atoms with Crippen molar-refractivity contribution in [3.8, 4) is 0 Å². The number of unbranched alkanes of at least 4 members (excludes halogenated alkanes) is 10. The zero-order chi connectivity index (χ0) is 16.7. The van der Waals surface area contributed by atoms with Crippen LogP contribution in [0.1, 0.15) is 90.4 Å². The van der Waals surface area contributed by atoms with E-state index in [9.17, 15) is 8.42 Å². The maximum Gasteiger partial charge on any atom is 0.264 e. The molecule has 134 valence electrons. The van der Waals surface area contributed by atoms with Gasteiger partial charge in [0, 0.05) is 7.11 Å². The summed E-state index contributed by atoms with van der Waals surface area (Å²) in [7, 11) is -2.26. The van der Waals surface area contributed by atoms with Gasteiger partial charge in [-0.3, -0.25) is 4.55 Å². The van der Waals surface area contributed by atoms with Gasteiger partial charge in [0.2, 0.25) is 0 Å². The Bertz CT molecular complexity index is 328. The summed E-state index contributed by atoms with van der Waals surface area (Å²) in [4.78, 5) is 0. The summed E-state index contributed by atoms with van der Waals surface area (Å²) in [6.45, 7) is 2.25. The Balaban J connectivity index is 3.36. The Morgan fingerprint density at radius 3 is 1.68 bits per heavy atom. The maximum absolute atomic E-state index is 10.7. The van der Waals surface area contributed by atoms with Crippen LogP contribution in [0.3, 0.4) is 0 Å². The van der Waals surface area contributed by atoms with Crippen LogP contribution in [0.15, 0.2) is 0 Å². The Kier molecular flexibility index (Phi) is 14.4. The van der Waals surface area contributed by atoms with Gasteiger partial charge in [-0.1, -0.05) is 77.6 Å². The van der Waals surface area contributed by atoms with Crippen LogP contribution < -0.4 is 0 Å². The van der Waals surface area contributed by atoms with Crippen molar-refractivity contribution in [3.63, 3.8) is 0 Å². The molecule has 4 nitrogen and oxygen atoms in total. The lowest BCUT2D eigenvalue weighted by Crippen LogP contribution is -2.16. The van der Waals surface area contributed by atoms with E-state index in [1.165, 1.54) is 64.2 Å². The van der Waals surface area contributed by atoms with Gasteiger partial charge in [-0.15, -0.1) is 0 Å². The van der Waals surface area contributed by atoms with E-state index in [0.29, 0.717) is 6.42 Å². The zero-order valence-corrected chi connectivity index (χ0v) is 15.4. The van der Waals surface area contributed by atoms with Crippen LogP contribution in [0.2, 0.25) is 0 Å². The largest absolute Gasteiger partial charge is 0.381 e. The van der Waals surface area contributed by atoms with Crippen molar-refractivity contribution < 1.29 is 17.7 Å². The lowest BCUT2D eigenvalue weighted by atomic mass is 10.0. The molecule has 0 fully saturated rings. The minimum Gasteiger partial charge on any atom is -0.381 e. The van der Waals surface area contributed by atoms with Crippen LogP contribution >= 0.6 is 0 Å². The van der Waals surface area contributed by atoms with E-state index >= 15 is 0 Å². The average Bonchev–Trinajstić information content (AvgIpc) is 2.46. The molecular weight excluding hydrogens is 300 g/mol. The lowest BCUT2D eigenvalue weighted by Gasteiger charge is -2.14. The number of methoxy groups -OCH3 is 1. The lowest BCUT2D eigenvalue weighted by molar-refractivity contribution is 0.0899. The molecule has 0 rings (SSSR count). The second-order valence-corrected chi connectivity index (χ2v) is 7.83. The fourth-order valence-corrected chi connectivity index (χ4v) is 3.26. The van der Waals surface area contributed by atoms with Gasteiger partial charge in [0.15, 0.2) is 0 Å². The molecule has 0 aliphatic carbocycles. The smallest absolute Gasteiger partial charge is 0.264 e.